The van der Waals surface area contributed by atoms with E-state index < -0.39 is 5.60 Å². The monoisotopic (exact) mass is 353 g/mol. The predicted molar refractivity (Wildman–Crippen MR) is 88.7 cm³/mol. The maximum absolute atomic E-state index is 12.2. The Morgan fingerprint density at radius 2 is 2.10 bits per heavy atom. The van der Waals surface area contributed by atoms with Crippen molar-refractivity contribution in [3.63, 3.8) is 0 Å². The van der Waals surface area contributed by atoms with Gasteiger partial charge in [-0.3, -0.25) is 0 Å². The zero-order chi connectivity index (χ0) is 15.6. The predicted octanol–water partition coefficient (Wildman–Crippen LogP) is 4.87. The average molecular weight is 354 g/mol. The Morgan fingerprint density at radius 3 is 2.76 bits per heavy atom. The van der Waals surface area contributed by atoms with Crippen molar-refractivity contribution in [3.05, 3.63) is 33.8 Å². The van der Waals surface area contributed by atoms with Gasteiger partial charge in [-0.25, -0.2) is 4.79 Å². The van der Waals surface area contributed by atoms with Gasteiger partial charge < -0.3 is 9.64 Å². The van der Waals surface area contributed by atoms with Crippen LogP contribution in [0.5, 0.6) is 0 Å². The molecule has 4 heteroatoms. The smallest absolute Gasteiger partial charge is 0.410 e. The van der Waals surface area contributed by atoms with E-state index in [4.69, 9.17) is 4.74 Å². The quantitative estimate of drug-likeness (QED) is 0.720. The van der Waals surface area contributed by atoms with Crippen molar-refractivity contribution in [1.82, 2.24) is 4.90 Å². The number of ether oxygens (including phenoxy) is 1. The summed E-state index contributed by atoms with van der Waals surface area (Å²) in [6, 6.07) is 6.30. The Morgan fingerprint density at radius 1 is 1.38 bits per heavy atom. The molecule has 1 atom stereocenters. The second-order valence-corrected chi connectivity index (χ2v) is 7.57. The van der Waals surface area contributed by atoms with E-state index in [1.165, 1.54) is 11.1 Å². The fourth-order valence-corrected chi connectivity index (χ4v) is 3.17. The van der Waals surface area contributed by atoms with Crippen molar-refractivity contribution in [3.8, 4) is 0 Å². The summed E-state index contributed by atoms with van der Waals surface area (Å²) < 4.78 is 6.63. The number of hydrogen-bond donors (Lipinski definition) is 0. The second kappa shape index (κ2) is 6.39. The minimum absolute atomic E-state index is 0.195. The molecule has 21 heavy (non-hydrogen) atoms. The van der Waals surface area contributed by atoms with Gasteiger partial charge in [0.25, 0.3) is 0 Å². The van der Waals surface area contributed by atoms with Crippen LogP contribution < -0.4 is 0 Å². The minimum atomic E-state index is -0.435. The third-order valence-electron chi connectivity index (χ3n) is 3.82. The molecule has 1 aromatic carbocycles. The topological polar surface area (TPSA) is 29.5 Å². The van der Waals surface area contributed by atoms with Crippen LogP contribution in [0.4, 0.5) is 4.79 Å². The zero-order valence-electron chi connectivity index (χ0n) is 13.3. The highest BCUT2D eigenvalue weighted by Gasteiger charge is 2.29. The molecule has 0 aromatic heterocycles. The van der Waals surface area contributed by atoms with E-state index >= 15 is 0 Å². The van der Waals surface area contributed by atoms with Gasteiger partial charge in [-0.2, -0.15) is 0 Å². The van der Waals surface area contributed by atoms with Gasteiger partial charge in [0.05, 0.1) is 0 Å². The van der Waals surface area contributed by atoms with E-state index in [1.54, 1.807) is 0 Å². The summed E-state index contributed by atoms with van der Waals surface area (Å²) in [5.41, 5.74) is 2.17. The van der Waals surface area contributed by atoms with Crippen LogP contribution in [-0.2, 0) is 4.74 Å². The average Bonchev–Trinajstić information content (AvgIpc) is 2.40. The van der Waals surface area contributed by atoms with Crippen molar-refractivity contribution < 1.29 is 9.53 Å². The van der Waals surface area contributed by atoms with Gasteiger partial charge in [-0.05, 0) is 57.7 Å². The van der Waals surface area contributed by atoms with E-state index in [0.29, 0.717) is 5.92 Å². The number of hydrogen-bond acceptors (Lipinski definition) is 2. The van der Waals surface area contributed by atoms with Crippen LogP contribution in [0.25, 0.3) is 0 Å². The first-order valence-electron chi connectivity index (χ1n) is 7.51. The van der Waals surface area contributed by atoms with Gasteiger partial charge >= 0.3 is 6.09 Å². The Bertz CT molecular complexity index is 522. The summed E-state index contributed by atoms with van der Waals surface area (Å²) in [6.45, 7) is 9.39. The highest BCUT2D eigenvalue weighted by molar-refractivity contribution is 9.10. The standard InChI is InChI=1S/C17H24BrNO2/c1-12-14(8-5-9-15(12)18)13-7-6-10-19(11-13)16(20)21-17(2,3)4/h5,8-9,13H,6-7,10-11H2,1-4H3. The van der Waals surface area contributed by atoms with E-state index in [9.17, 15) is 4.79 Å². The summed E-state index contributed by atoms with van der Waals surface area (Å²) in [7, 11) is 0. The van der Waals surface area contributed by atoms with Crippen molar-refractivity contribution in [2.45, 2.75) is 52.1 Å². The Hall–Kier alpha value is -1.03. The molecule has 0 bridgehead atoms. The maximum Gasteiger partial charge on any atom is 0.410 e. The summed E-state index contributed by atoms with van der Waals surface area (Å²) in [5.74, 6) is 0.392. The minimum Gasteiger partial charge on any atom is -0.444 e. The summed E-state index contributed by atoms with van der Waals surface area (Å²) >= 11 is 3.59. The van der Waals surface area contributed by atoms with Crippen molar-refractivity contribution >= 4 is 22.0 Å². The molecule has 0 N–H and O–H groups in total. The van der Waals surface area contributed by atoms with Gasteiger partial charge in [-0.1, -0.05) is 28.1 Å². The van der Waals surface area contributed by atoms with E-state index in [0.717, 1.165) is 30.4 Å². The fraction of sp³-hybridized carbons (Fsp3) is 0.588. The molecular formula is C17H24BrNO2. The third kappa shape index (κ3) is 4.22. The molecule has 2 rings (SSSR count). The summed E-state index contributed by atoms with van der Waals surface area (Å²) in [5, 5.41) is 0. The van der Waals surface area contributed by atoms with Crippen LogP contribution in [0.1, 0.15) is 50.7 Å². The van der Waals surface area contributed by atoms with Crippen LogP contribution in [-0.4, -0.2) is 29.7 Å². The Balaban J connectivity index is 2.10. The molecule has 116 valence electrons. The molecule has 1 aromatic rings. The molecule has 1 heterocycles. The molecule has 0 aliphatic carbocycles. The van der Waals surface area contributed by atoms with Gasteiger partial charge in [0.2, 0.25) is 0 Å². The van der Waals surface area contributed by atoms with E-state index in [1.807, 2.05) is 25.7 Å². The molecule has 1 unspecified atom stereocenters. The molecule has 1 saturated heterocycles. The van der Waals surface area contributed by atoms with Gasteiger partial charge in [-0.15, -0.1) is 0 Å². The van der Waals surface area contributed by atoms with Crippen LogP contribution in [0.15, 0.2) is 22.7 Å². The molecule has 0 radical (unpaired) electrons. The largest absolute Gasteiger partial charge is 0.444 e. The lowest BCUT2D eigenvalue weighted by molar-refractivity contribution is 0.0198. The van der Waals surface area contributed by atoms with Gasteiger partial charge in [0, 0.05) is 23.5 Å². The van der Waals surface area contributed by atoms with Crippen LogP contribution in [0.2, 0.25) is 0 Å². The number of nitrogens with zero attached hydrogens (tertiary/aromatic N) is 1. The number of benzene rings is 1. The normalized spacial score (nSPS) is 19.5. The van der Waals surface area contributed by atoms with E-state index in [2.05, 4.69) is 41.1 Å². The third-order valence-corrected chi connectivity index (χ3v) is 4.68. The number of carbonyl (C=O) groups excluding carboxylic acids is 1. The maximum atomic E-state index is 12.2. The van der Waals surface area contributed by atoms with Crippen molar-refractivity contribution in [1.29, 1.82) is 0 Å². The first kappa shape index (κ1) is 16.3. The number of rotatable bonds is 1. The lowest BCUT2D eigenvalue weighted by Crippen LogP contribution is -2.42. The first-order chi connectivity index (χ1) is 9.78. The Labute approximate surface area is 135 Å². The van der Waals surface area contributed by atoms with Gasteiger partial charge in [0.15, 0.2) is 0 Å². The first-order valence-corrected chi connectivity index (χ1v) is 8.30. The molecule has 0 saturated carbocycles. The summed E-state index contributed by atoms with van der Waals surface area (Å²) in [6.07, 6.45) is 1.95. The number of carbonyl (C=O) groups is 1. The highest BCUT2D eigenvalue weighted by atomic mass is 79.9. The molecule has 0 spiro atoms. The lowest BCUT2D eigenvalue weighted by atomic mass is 9.88. The van der Waals surface area contributed by atoms with Crippen molar-refractivity contribution in [2.24, 2.45) is 0 Å². The zero-order valence-corrected chi connectivity index (χ0v) is 14.9. The Kier molecular flexibility index (Phi) is 4.97. The summed E-state index contributed by atoms with van der Waals surface area (Å²) in [4.78, 5) is 14.1. The highest BCUT2D eigenvalue weighted by Crippen LogP contribution is 2.32. The van der Waals surface area contributed by atoms with Crippen molar-refractivity contribution in [2.75, 3.05) is 13.1 Å². The van der Waals surface area contributed by atoms with E-state index in [-0.39, 0.29) is 6.09 Å². The molecule has 1 amide bonds. The fourth-order valence-electron chi connectivity index (χ4n) is 2.79. The SMILES string of the molecule is Cc1c(Br)cccc1C1CCCN(C(=O)OC(C)(C)C)C1. The number of amides is 1. The molecule has 1 fully saturated rings. The van der Waals surface area contributed by atoms with Crippen LogP contribution in [0, 0.1) is 6.92 Å². The number of halogens is 1. The number of piperidine rings is 1. The second-order valence-electron chi connectivity index (χ2n) is 6.72. The molecular weight excluding hydrogens is 330 g/mol. The lowest BCUT2D eigenvalue weighted by Gasteiger charge is -2.35. The van der Waals surface area contributed by atoms with Gasteiger partial charge in [0.1, 0.15) is 5.60 Å². The van der Waals surface area contributed by atoms with Crippen LogP contribution >= 0.6 is 15.9 Å². The van der Waals surface area contributed by atoms with Crippen LogP contribution in [0.3, 0.4) is 0 Å². The number of likely N-dealkylation sites (tertiary alicyclic amines) is 1. The molecule has 1 aliphatic rings. The molecule has 1 aliphatic heterocycles. The molecule has 3 nitrogen and oxygen atoms in total.